The van der Waals surface area contributed by atoms with Gasteiger partial charge in [0, 0.05) is 13.5 Å². The Balaban J connectivity index is 1.74. The highest BCUT2D eigenvalue weighted by atomic mass is 16.2. The third kappa shape index (κ3) is 2.77. The fourth-order valence-corrected chi connectivity index (χ4v) is 4.46. The van der Waals surface area contributed by atoms with Gasteiger partial charge in [-0.25, -0.2) is 4.79 Å². The molecule has 1 aliphatic heterocycles. The molecule has 1 N–H and O–H groups in total. The van der Waals surface area contributed by atoms with E-state index >= 15 is 0 Å². The smallest absolute Gasteiger partial charge is 0.295 e. The van der Waals surface area contributed by atoms with Crippen LogP contribution in [-0.4, -0.2) is 20.9 Å². The third-order valence-electron chi connectivity index (χ3n) is 6.12. The minimum Gasteiger partial charge on any atom is -0.295 e. The zero-order valence-electron chi connectivity index (χ0n) is 15.3. The number of nitrogens with one attached hydrogen (secondary N) is 1. The van der Waals surface area contributed by atoms with Crippen LogP contribution in [0.15, 0.2) is 23.0 Å². The van der Waals surface area contributed by atoms with E-state index in [0.29, 0.717) is 12.3 Å². The Bertz CT molecular complexity index is 932. The van der Waals surface area contributed by atoms with Crippen molar-refractivity contribution in [2.75, 3.05) is 0 Å². The van der Waals surface area contributed by atoms with E-state index in [2.05, 4.69) is 24.4 Å². The van der Waals surface area contributed by atoms with Crippen LogP contribution in [0.2, 0.25) is 0 Å². The highest BCUT2D eigenvalue weighted by Gasteiger charge is 2.31. The van der Waals surface area contributed by atoms with E-state index in [0.717, 1.165) is 17.0 Å². The van der Waals surface area contributed by atoms with Crippen LogP contribution in [-0.2, 0) is 16.6 Å². The second-order valence-corrected chi connectivity index (χ2v) is 7.88. The molecule has 1 aromatic heterocycles. The van der Waals surface area contributed by atoms with Crippen molar-refractivity contribution in [3.63, 3.8) is 0 Å². The molecule has 0 bridgehead atoms. The van der Waals surface area contributed by atoms with E-state index in [-0.39, 0.29) is 23.9 Å². The molecule has 2 aromatic rings. The molecule has 0 radical (unpaired) electrons. The molecule has 6 heteroatoms. The molecule has 2 amide bonds. The van der Waals surface area contributed by atoms with Crippen molar-refractivity contribution in [3.8, 4) is 0 Å². The molecular formula is C20H25N3O3. The number of fused-ring (bicyclic) bond motifs is 1. The molecule has 1 saturated carbocycles. The first kappa shape index (κ1) is 17.1. The predicted octanol–water partition coefficient (Wildman–Crippen LogP) is 2.61. The molecule has 0 spiro atoms. The second-order valence-electron chi connectivity index (χ2n) is 7.88. The number of imidazole rings is 1. The number of rotatable bonds is 2. The van der Waals surface area contributed by atoms with Crippen LogP contribution < -0.4 is 11.0 Å². The lowest BCUT2D eigenvalue weighted by Crippen LogP contribution is -2.44. The van der Waals surface area contributed by atoms with Crippen molar-refractivity contribution < 1.29 is 9.59 Å². The summed E-state index contributed by atoms with van der Waals surface area (Å²) in [6.45, 7) is 2.31. The Morgan fingerprint density at radius 1 is 1.00 bits per heavy atom. The minimum atomic E-state index is -0.620. The maximum atomic E-state index is 12.8. The zero-order valence-corrected chi connectivity index (χ0v) is 15.3. The number of hydrogen-bond donors (Lipinski definition) is 1. The number of piperidine rings is 1. The van der Waals surface area contributed by atoms with E-state index in [1.807, 2.05) is 6.07 Å². The fourth-order valence-electron chi connectivity index (χ4n) is 4.46. The average molecular weight is 355 g/mol. The van der Waals surface area contributed by atoms with E-state index < -0.39 is 6.04 Å². The molecule has 2 aliphatic rings. The standard InChI is InChI=1S/C20H25N3O3/c1-12-3-5-13(6-4-12)14-7-8-15-17(11-14)22(2)20(26)23(15)16-9-10-18(24)21-19(16)25/h7-8,11-13,16H,3-6,9-10H2,1-2H3,(H,21,24,25)/t12-,13+,16?. The van der Waals surface area contributed by atoms with Crippen molar-refractivity contribution in [1.29, 1.82) is 0 Å². The van der Waals surface area contributed by atoms with Crippen molar-refractivity contribution in [1.82, 2.24) is 14.5 Å². The van der Waals surface area contributed by atoms with Crippen molar-refractivity contribution >= 4 is 22.8 Å². The van der Waals surface area contributed by atoms with Crippen LogP contribution >= 0.6 is 0 Å². The monoisotopic (exact) mass is 355 g/mol. The lowest BCUT2D eigenvalue weighted by Gasteiger charge is -2.26. The van der Waals surface area contributed by atoms with Gasteiger partial charge in [0.15, 0.2) is 0 Å². The predicted molar refractivity (Wildman–Crippen MR) is 99.0 cm³/mol. The molecule has 1 aliphatic carbocycles. The number of benzene rings is 1. The Morgan fingerprint density at radius 2 is 1.73 bits per heavy atom. The van der Waals surface area contributed by atoms with Crippen LogP contribution in [0.4, 0.5) is 0 Å². The summed E-state index contributed by atoms with van der Waals surface area (Å²) in [5.74, 6) is 0.687. The van der Waals surface area contributed by atoms with E-state index in [9.17, 15) is 14.4 Å². The Kier molecular flexibility index (Phi) is 4.21. The van der Waals surface area contributed by atoms with Gasteiger partial charge >= 0.3 is 5.69 Å². The largest absolute Gasteiger partial charge is 0.329 e. The highest BCUT2D eigenvalue weighted by molar-refractivity contribution is 6.00. The van der Waals surface area contributed by atoms with E-state index in [1.165, 1.54) is 31.2 Å². The summed E-state index contributed by atoms with van der Waals surface area (Å²) in [6.07, 6.45) is 5.50. The lowest BCUT2D eigenvalue weighted by molar-refractivity contribution is -0.135. The molecule has 1 saturated heterocycles. The SMILES string of the molecule is Cn1c(=O)n(C2CCC(=O)NC2=O)c2ccc([C@H]3CC[C@@H](C)CC3)cc21. The topological polar surface area (TPSA) is 73.1 Å². The molecule has 6 nitrogen and oxygen atoms in total. The van der Waals surface area contributed by atoms with Crippen molar-refractivity contribution in [2.24, 2.45) is 13.0 Å². The lowest BCUT2D eigenvalue weighted by atomic mass is 9.79. The van der Waals surface area contributed by atoms with Crippen molar-refractivity contribution in [3.05, 3.63) is 34.2 Å². The maximum Gasteiger partial charge on any atom is 0.329 e. The molecule has 1 aromatic carbocycles. The van der Waals surface area contributed by atoms with Gasteiger partial charge in [0.2, 0.25) is 11.8 Å². The Labute approximate surface area is 152 Å². The highest BCUT2D eigenvalue weighted by Crippen LogP contribution is 2.36. The van der Waals surface area contributed by atoms with Gasteiger partial charge in [0.05, 0.1) is 11.0 Å². The molecule has 2 heterocycles. The van der Waals surface area contributed by atoms with Crippen LogP contribution in [0.3, 0.4) is 0 Å². The summed E-state index contributed by atoms with van der Waals surface area (Å²) in [4.78, 5) is 36.5. The molecular weight excluding hydrogens is 330 g/mol. The summed E-state index contributed by atoms with van der Waals surface area (Å²) in [7, 11) is 1.75. The first-order valence-corrected chi connectivity index (χ1v) is 9.50. The van der Waals surface area contributed by atoms with Gasteiger partial charge in [0.25, 0.3) is 0 Å². The van der Waals surface area contributed by atoms with Gasteiger partial charge in [-0.2, -0.15) is 0 Å². The van der Waals surface area contributed by atoms with Gasteiger partial charge < -0.3 is 0 Å². The Hall–Kier alpha value is -2.37. The van der Waals surface area contributed by atoms with Gasteiger partial charge in [0.1, 0.15) is 6.04 Å². The number of imide groups is 1. The maximum absolute atomic E-state index is 12.8. The van der Waals surface area contributed by atoms with Gasteiger partial charge in [-0.3, -0.25) is 24.0 Å². The summed E-state index contributed by atoms with van der Waals surface area (Å²) >= 11 is 0. The number of aromatic nitrogens is 2. The number of aryl methyl sites for hydroxylation is 1. The van der Waals surface area contributed by atoms with Crippen LogP contribution in [0.1, 0.15) is 63.0 Å². The average Bonchev–Trinajstić information content (AvgIpc) is 2.87. The van der Waals surface area contributed by atoms with Crippen LogP contribution in [0, 0.1) is 5.92 Å². The van der Waals surface area contributed by atoms with Crippen molar-refractivity contribution in [2.45, 2.75) is 57.4 Å². The normalized spacial score (nSPS) is 26.9. The van der Waals surface area contributed by atoms with E-state index in [4.69, 9.17) is 0 Å². The molecule has 4 rings (SSSR count). The quantitative estimate of drug-likeness (QED) is 0.842. The third-order valence-corrected chi connectivity index (χ3v) is 6.12. The van der Waals surface area contributed by atoms with E-state index in [1.54, 1.807) is 16.2 Å². The first-order chi connectivity index (χ1) is 12.5. The second kappa shape index (κ2) is 6.41. The summed E-state index contributed by atoms with van der Waals surface area (Å²) in [6, 6.07) is 5.56. The Morgan fingerprint density at radius 3 is 2.42 bits per heavy atom. The van der Waals surface area contributed by atoms with Crippen LogP contribution in [0.25, 0.3) is 11.0 Å². The molecule has 1 atom stereocenters. The molecule has 138 valence electrons. The number of amides is 2. The minimum absolute atomic E-state index is 0.205. The van der Waals surface area contributed by atoms with Gasteiger partial charge in [-0.15, -0.1) is 0 Å². The number of carbonyl (C=O) groups is 2. The molecule has 2 fully saturated rings. The zero-order chi connectivity index (χ0) is 18.4. The van der Waals surface area contributed by atoms with Gasteiger partial charge in [-0.1, -0.05) is 25.8 Å². The number of carbonyl (C=O) groups excluding carboxylic acids is 2. The van der Waals surface area contributed by atoms with Crippen LogP contribution in [0.5, 0.6) is 0 Å². The molecule has 26 heavy (non-hydrogen) atoms. The number of nitrogens with zero attached hydrogens (tertiary/aromatic N) is 2. The van der Waals surface area contributed by atoms with Gasteiger partial charge in [-0.05, 0) is 48.8 Å². The summed E-state index contributed by atoms with van der Waals surface area (Å²) < 4.78 is 3.16. The molecule has 1 unspecified atom stereocenters. The summed E-state index contributed by atoms with van der Waals surface area (Å²) in [5, 5.41) is 2.35. The summed E-state index contributed by atoms with van der Waals surface area (Å²) in [5.41, 5.74) is 2.69. The first-order valence-electron chi connectivity index (χ1n) is 9.50. The fraction of sp³-hybridized carbons (Fsp3) is 0.550. The number of hydrogen-bond acceptors (Lipinski definition) is 3.